The number of anilines is 1. The number of benzene rings is 1. The summed E-state index contributed by atoms with van der Waals surface area (Å²) >= 11 is 0. The molecular formula is C16H16N4O2. The van der Waals surface area contributed by atoms with Crippen molar-refractivity contribution in [2.24, 2.45) is 0 Å². The highest BCUT2D eigenvalue weighted by Gasteiger charge is 2.20. The molecule has 112 valence electrons. The largest absolute Gasteiger partial charge is 0.497 e. The van der Waals surface area contributed by atoms with Crippen molar-refractivity contribution < 1.29 is 9.47 Å². The Morgan fingerprint density at radius 2 is 2.27 bits per heavy atom. The Balaban J connectivity index is 1.70. The molecule has 0 saturated heterocycles. The third-order valence-corrected chi connectivity index (χ3v) is 3.87. The Kier molecular flexibility index (Phi) is 3.07. The molecule has 0 atom stereocenters. The van der Waals surface area contributed by atoms with Crippen LogP contribution in [0.5, 0.6) is 11.5 Å². The number of methoxy groups -OCH3 is 1. The van der Waals surface area contributed by atoms with Crippen molar-refractivity contribution in [2.45, 2.75) is 6.54 Å². The lowest BCUT2D eigenvalue weighted by molar-refractivity contribution is 0.305. The molecule has 3 heterocycles. The first kappa shape index (κ1) is 12.9. The summed E-state index contributed by atoms with van der Waals surface area (Å²) < 4.78 is 13.1. The lowest BCUT2D eigenvalue weighted by Crippen LogP contribution is -2.32. The fraction of sp³-hybridized carbons (Fsp3) is 0.250. The molecule has 0 aliphatic carbocycles. The van der Waals surface area contributed by atoms with E-state index in [0.29, 0.717) is 6.61 Å². The molecule has 6 nitrogen and oxygen atoms in total. The molecule has 1 aromatic carbocycles. The van der Waals surface area contributed by atoms with Gasteiger partial charge in [-0.3, -0.25) is 9.38 Å². The molecule has 22 heavy (non-hydrogen) atoms. The van der Waals surface area contributed by atoms with Crippen LogP contribution in [0.1, 0.15) is 5.69 Å². The number of aromatic nitrogens is 3. The molecule has 0 bridgehead atoms. The summed E-state index contributed by atoms with van der Waals surface area (Å²) in [6, 6.07) is 5.89. The number of hydrogen-bond donors (Lipinski definition) is 0. The van der Waals surface area contributed by atoms with Crippen LogP contribution in [-0.2, 0) is 6.54 Å². The lowest BCUT2D eigenvalue weighted by atomic mass is 10.2. The van der Waals surface area contributed by atoms with Crippen molar-refractivity contribution >= 4 is 11.3 Å². The van der Waals surface area contributed by atoms with Gasteiger partial charge in [-0.25, -0.2) is 4.98 Å². The SMILES string of the molecule is COc1ccc2c(c1)N(Cc1cnc3cnccn13)CCO2. The topological polar surface area (TPSA) is 51.9 Å². The van der Waals surface area contributed by atoms with E-state index >= 15 is 0 Å². The molecular weight excluding hydrogens is 280 g/mol. The first-order valence-corrected chi connectivity index (χ1v) is 7.17. The van der Waals surface area contributed by atoms with Gasteiger partial charge in [0.15, 0.2) is 5.65 Å². The van der Waals surface area contributed by atoms with Crippen LogP contribution in [0.15, 0.2) is 43.0 Å². The van der Waals surface area contributed by atoms with Crippen LogP contribution in [0.3, 0.4) is 0 Å². The monoisotopic (exact) mass is 296 g/mol. The van der Waals surface area contributed by atoms with E-state index in [2.05, 4.69) is 19.3 Å². The van der Waals surface area contributed by atoms with E-state index in [-0.39, 0.29) is 0 Å². The van der Waals surface area contributed by atoms with Gasteiger partial charge in [0.1, 0.15) is 18.1 Å². The van der Waals surface area contributed by atoms with E-state index in [1.165, 1.54) is 0 Å². The number of ether oxygens (including phenoxy) is 2. The molecule has 1 aliphatic rings. The van der Waals surface area contributed by atoms with Crippen LogP contribution in [0.2, 0.25) is 0 Å². The maximum absolute atomic E-state index is 5.73. The standard InChI is InChI=1S/C16H16N4O2/c1-21-13-2-3-15-14(8-13)19(6-7-22-15)11-12-9-18-16-10-17-4-5-20(12)16/h2-5,8-10H,6-7,11H2,1H3. The minimum atomic E-state index is 0.678. The summed E-state index contributed by atoms with van der Waals surface area (Å²) in [5, 5.41) is 0. The molecule has 0 N–H and O–H groups in total. The van der Waals surface area contributed by atoms with E-state index in [4.69, 9.17) is 9.47 Å². The zero-order valence-corrected chi connectivity index (χ0v) is 12.3. The second kappa shape index (κ2) is 5.22. The minimum Gasteiger partial charge on any atom is -0.497 e. The van der Waals surface area contributed by atoms with E-state index in [0.717, 1.165) is 41.6 Å². The van der Waals surface area contributed by atoms with E-state index < -0.39 is 0 Å². The van der Waals surface area contributed by atoms with Crippen LogP contribution in [0.4, 0.5) is 5.69 Å². The van der Waals surface area contributed by atoms with Gasteiger partial charge < -0.3 is 14.4 Å². The summed E-state index contributed by atoms with van der Waals surface area (Å²) in [4.78, 5) is 10.8. The maximum Gasteiger partial charge on any atom is 0.155 e. The van der Waals surface area contributed by atoms with Crippen molar-refractivity contribution in [3.8, 4) is 11.5 Å². The fourth-order valence-electron chi connectivity index (χ4n) is 2.75. The highest BCUT2D eigenvalue weighted by molar-refractivity contribution is 5.63. The van der Waals surface area contributed by atoms with Gasteiger partial charge in [0.05, 0.1) is 44.0 Å². The molecule has 0 spiro atoms. The van der Waals surface area contributed by atoms with Crippen LogP contribution < -0.4 is 14.4 Å². The van der Waals surface area contributed by atoms with Crippen LogP contribution >= 0.6 is 0 Å². The van der Waals surface area contributed by atoms with E-state index in [1.807, 2.05) is 30.6 Å². The molecule has 4 rings (SSSR count). The molecule has 0 amide bonds. The smallest absolute Gasteiger partial charge is 0.155 e. The number of rotatable bonds is 3. The van der Waals surface area contributed by atoms with Gasteiger partial charge >= 0.3 is 0 Å². The Bertz CT molecular complexity index is 815. The average molecular weight is 296 g/mol. The molecule has 0 unspecified atom stereocenters. The number of imidazole rings is 1. The first-order chi connectivity index (χ1) is 10.8. The molecule has 0 radical (unpaired) electrons. The van der Waals surface area contributed by atoms with E-state index in [9.17, 15) is 0 Å². The van der Waals surface area contributed by atoms with Gasteiger partial charge in [-0.1, -0.05) is 0 Å². The van der Waals surface area contributed by atoms with Gasteiger partial charge in [-0.05, 0) is 12.1 Å². The summed E-state index contributed by atoms with van der Waals surface area (Å²) in [7, 11) is 1.67. The fourth-order valence-corrected chi connectivity index (χ4v) is 2.75. The van der Waals surface area contributed by atoms with Crippen molar-refractivity contribution in [1.29, 1.82) is 0 Å². The van der Waals surface area contributed by atoms with E-state index in [1.54, 1.807) is 19.5 Å². The van der Waals surface area contributed by atoms with Gasteiger partial charge in [0, 0.05) is 18.5 Å². The molecule has 0 saturated carbocycles. The highest BCUT2D eigenvalue weighted by Crippen LogP contribution is 2.35. The van der Waals surface area contributed by atoms with Crippen molar-refractivity contribution in [2.75, 3.05) is 25.2 Å². The molecule has 6 heteroatoms. The lowest BCUT2D eigenvalue weighted by Gasteiger charge is -2.31. The predicted molar refractivity (Wildman–Crippen MR) is 82.5 cm³/mol. The highest BCUT2D eigenvalue weighted by atomic mass is 16.5. The number of hydrogen-bond acceptors (Lipinski definition) is 5. The molecule has 2 aromatic heterocycles. The molecule has 1 aliphatic heterocycles. The Morgan fingerprint density at radius 3 is 3.18 bits per heavy atom. The summed E-state index contributed by atoms with van der Waals surface area (Å²) in [6.07, 6.45) is 7.37. The quantitative estimate of drug-likeness (QED) is 0.741. The normalized spacial score (nSPS) is 13.8. The Labute approximate surface area is 127 Å². The van der Waals surface area contributed by atoms with Crippen molar-refractivity contribution in [1.82, 2.24) is 14.4 Å². The van der Waals surface area contributed by atoms with Crippen LogP contribution in [0.25, 0.3) is 5.65 Å². The summed E-state index contributed by atoms with van der Waals surface area (Å²) in [6.45, 7) is 2.27. The van der Waals surface area contributed by atoms with Crippen LogP contribution in [0, 0.1) is 0 Å². The average Bonchev–Trinajstić information content (AvgIpc) is 2.98. The third-order valence-electron chi connectivity index (χ3n) is 3.87. The number of fused-ring (bicyclic) bond motifs is 2. The number of nitrogens with zero attached hydrogens (tertiary/aromatic N) is 4. The van der Waals surface area contributed by atoms with Gasteiger partial charge in [-0.2, -0.15) is 0 Å². The Morgan fingerprint density at radius 1 is 1.32 bits per heavy atom. The summed E-state index contributed by atoms with van der Waals surface area (Å²) in [5.41, 5.74) is 3.03. The summed E-state index contributed by atoms with van der Waals surface area (Å²) in [5.74, 6) is 1.72. The maximum atomic E-state index is 5.73. The second-order valence-electron chi connectivity index (χ2n) is 5.16. The zero-order valence-electron chi connectivity index (χ0n) is 12.3. The third kappa shape index (κ3) is 2.13. The second-order valence-corrected chi connectivity index (χ2v) is 5.16. The van der Waals surface area contributed by atoms with Gasteiger partial charge in [-0.15, -0.1) is 0 Å². The van der Waals surface area contributed by atoms with Crippen molar-refractivity contribution in [3.63, 3.8) is 0 Å². The van der Waals surface area contributed by atoms with Crippen LogP contribution in [-0.4, -0.2) is 34.6 Å². The first-order valence-electron chi connectivity index (χ1n) is 7.17. The predicted octanol–water partition coefficient (Wildman–Crippen LogP) is 2.14. The zero-order chi connectivity index (χ0) is 14.9. The Hall–Kier alpha value is -2.76. The van der Waals surface area contributed by atoms with Gasteiger partial charge in [0.2, 0.25) is 0 Å². The van der Waals surface area contributed by atoms with Gasteiger partial charge in [0.25, 0.3) is 0 Å². The molecule has 3 aromatic rings. The van der Waals surface area contributed by atoms with Crippen molar-refractivity contribution in [3.05, 3.63) is 48.7 Å². The minimum absolute atomic E-state index is 0.678. The molecule has 0 fully saturated rings.